The molecule has 1 aromatic carbocycles. The van der Waals surface area contributed by atoms with Gasteiger partial charge in [0, 0.05) is 12.6 Å². The van der Waals surface area contributed by atoms with Crippen molar-refractivity contribution in [2.24, 2.45) is 17.4 Å². The van der Waals surface area contributed by atoms with Gasteiger partial charge >= 0.3 is 0 Å². The van der Waals surface area contributed by atoms with Crippen molar-refractivity contribution in [3.05, 3.63) is 29.8 Å². The summed E-state index contributed by atoms with van der Waals surface area (Å²) < 4.78 is 5.32. The first-order valence-electron chi connectivity index (χ1n) is 7.04. The van der Waals surface area contributed by atoms with Crippen molar-refractivity contribution in [3.63, 3.8) is 0 Å². The lowest BCUT2D eigenvalue weighted by molar-refractivity contribution is -0.119. The van der Waals surface area contributed by atoms with Crippen LogP contribution in [0.5, 0.6) is 5.75 Å². The zero-order valence-electron chi connectivity index (χ0n) is 12.5. The van der Waals surface area contributed by atoms with Gasteiger partial charge in [-0.2, -0.15) is 0 Å². The predicted molar refractivity (Wildman–Crippen MR) is 86.0 cm³/mol. The number of likely N-dealkylation sites (tertiary alicyclic amines) is 1. The summed E-state index contributed by atoms with van der Waals surface area (Å²) in [5.74, 6) is 0.0425. The molecule has 122 valence electrons. The minimum Gasteiger partial charge on any atom is -0.483 e. The van der Waals surface area contributed by atoms with Crippen molar-refractivity contribution in [1.82, 2.24) is 4.90 Å². The number of carbonyl (C=O) groups excluding carboxylic acids is 2. The third kappa shape index (κ3) is 4.11. The van der Waals surface area contributed by atoms with Gasteiger partial charge in [0.15, 0.2) is 6.61 Å². The van der Waals surface area contributed by atoms with Gasteiger partial charge in [-0.05, 0) is 37.9 Å². The Morgan fingerprint density at radius 3 is 2.64 bits per heavy atom. The van der Waals surface area contributed by atoms with Crippen LogP contribution in [0.1, 0.15) is 23.7 Å². The number of carbonyl (C=O) groups is 2. The van der Waals surface area contributed by atoms with Gasteiger partial charge in [-0.1, -0.05) is 12.1 Å². The van der Waals surface area contributed by atoms with E-state index < -0.39 is 5.91 Å². The molecule has 22 heavy (non-hydrogen) atoms. The van der Waals surface area contributed by atoms with Gasteiger partial charge in [-0.25, -0.2) is 0 Å². The zero-order valence-corrected chi connectivity index (χ0v) is 13.3. The van der Waals surface area contributed by atoms with E-state index in [1.54, 1.807) is 24.3 Å². The Morgan fingerprint density at radius 2 is 2.05 bits per heavy atom. The number of nitrogens with zero attached hydrogens (tertiary/aromatic N) is 1. The smallest absolute Gasteiger partial charge is 0.257 e. The van der Waals surface area contributed by atoms with E-state index in [9.17, 15) is 9.59 Å². The Labute approximate surface area is 136 Å². The summed E-state index contributed by atoms with van der Waals surface area (Å²) in [5, 5.41) is 0. The minimum absolute atomic E-state index is 0. The number of hydrogen-bond acceptors (Lipinski definition) is 4. The Hall–Kier alpha value is -1.79. The Kier molecular flexibility index (Phi) is 6.64. The molecule has 0 aliphatic carbocycles. The first kappa shape index (κ1) is 18.3. The number of amides is 2. The lowest BCUT2D eigenvalue weighted by Crippen LogP contribution is -2.34. The quantitative estimate of drug-likeness (QED) is 0.835. The Balaban J connectivity index is 0.00000242. The first-order valence-corrected chi connectivity index (χ1v) is 7.04. The number of halogens is 1. The summed E-state index contributed by atoms with van der Waals surface area (Å²) in [5.41, 5.74) is 11.2. The van der Waals surface area contributed by atoms with Crippen LogP contribution in [0.4, 0.5) is 0 Å². The molecule has 2 unspecified atom stereocenters. The lowest BCUT2D eigenvalue weighted by atomic mass is 10.1. The number of para-hydroxylation sites is 1. The lowest BCUT2D eigenvalue weighted by Gasteiger charge is -2.22. The molecule has 1 aromatic rings. The summed E-state index contributed by atoms with van der Waals surface area (Å²) in [6, 6.07) is 7.03. The highest BCUT2D eigenvalue weighted by molar-refractivity contribution is 5.97. The maximum atomic E-state index is 12.7. The normalized spacial score (nSPS) is 20.4. The van der Waals surface area contributed by atoms with Crippen molar-refractivity contribution in [1.29, 1.82) is 0 Å². The summed E-state index contributed by atoms with van der Waals surface area (Å²) in [4.78, 5) is 25.3. The second kappa shape index (κ2) is 8.00. The molecule has 1 aliphatic rings. The molecular formula is C15H22ClN3O3. The highest BCUT2D eigenvalue weighted by atomic mass is 35.5. The fourth-order valence-corrected chi connectivity index (χ4v) is 2.67. The van der Waals surface area contributed by atoms with Crippen LogP contribution >= 0.6 is 12.4 Å². The topological polar surface area (TPSA) is 98.7 Å². The predicted octanol–water partition coefficient (Wildman–Crippen LogP) is 0.782. The molecule has 0 bridgehead atoms. The SMILES string of the molecule is CC1CC(CN)CN1C(=O)c1ccccc1OCC(N)=O.Cl. The molecular weight excluding hydrogens is 306 g/mol. The van der Waals surface area contributed by atoms with Crippen molar-refractivity contribution in [2.75, 3.05) is 19.7 Å². The van der Waals surface area contributed by atoms with Gasteiger partial charge in [-0.3, -0.25) is 9.59 Å². The van der Waals surface area contributed by atoms with Gasteiger partial charge in [0.1, 0.15) is 5.75 Å². The molecule has 0 radical (unpaired) electrons. The molecule has 0 spiro atoms. The second-order valence-electron chi connectivity index (χ2n) is 5.40. The van der Waals surface area contributed by atoms with Crippen LogP contribution in [0.2, 0.25) is 0 Å². The van der Waals surface area contributed by atoms with E-state index in [4.69, 9.17) is 16.2 Å². The minimum atomic E-state index is -0.574. The molecule has 7 heteroatoms. The van der Waals surface area contributed by atoms with Crippen LogP contribution in [-0.2, 0) is 4.79 Å². The molecule has 0 saturated carbocycles. The molecule has 1 fully saturated rings. The number of primary amides is 1. The fourth-order valence-electron chi connectivity index (χ4n) is 2.67. The van der Waals surface area contributed by atoms with Crippen LogP contribution in [0, 0.1) is 5.92 Å². The maximum absolute atomic E-state index is 12.7. The van der Waals surface area contributed by atoms with Crippen LogP contribution in [0.25, 0.3) is 0 Å². The highest BCUT2D eigenvalue weighted by Gasteiger charge is 2.33. The standard InChI is InChI=1S/C15H21N3O3.ClH/c1-10-6-11(7-16)8-18(10)15(20)12-4-2-3-5-13(12)21-9-14(17)19;/h2-5,10-11H,6-9,16H2,1H3,(H2,17,19);1H. The van der Waals surface area contributed by atoms with Crippen molar-refractivity contribution in [3.8, 4) is 5.75 Å². The molecule has 2 amide bonds. The Bertz CT molecular complexity index is 539. The van der Waals surface area contributed by atoms with Gasteiger partial charge in [0.2, 0.25) is 0 Å². The molecule has 4 N–H and O–H groups in total. The molecule has 0 aromatic heterocycles. The van der Waals surface area contributed by atoms with Crippen LogP contribution in [0.15, 0.2) is 24.3 Å². The van der Waals surface area contributed by atoms with Crippen molar-refractivity contribution < 1.29 is 14.3 Å². The van der Waals surface area contributed by atoms with E-state index in [-0.39, 0.29) is 31.0 Å². The van der Waals surface area contributed by atoms with Gasteiger partial charge in [0.05, 0.1) is 5.56 Å². The Morgan fingerprint density at radius 1 is 1.36 bits per heavy atom. The average Bonchev–Trinajstić information content (AvgIpc) is 2.86. The number of ether oxygens (including phenoxy) is 1. The van der Waals surface area contributed by atoms with Gasteiger partial charge in [0.25, 0.3) is 11.8 Å². The van der Waals surface area contributed by atoms with Crippen LogP contribution < -0.4 is 16.2 Å². The maximum Gasteiger partial charge on any atom is 0.257 e. The van der Waals surface area contributed by atoms with Crippen LogP contribution in [-0.4, -0.2) is 42.5 Å². The molecule has 6 nitrogen and oxygen atoms in total. The number of rotatable bonds is 5. The van der Waals surface area contributed by atoms with E-state index in [1.165, 1.54) is 0 Å². The van der Waals surface area contributed by atoms with Gasteiger partial charge < -0.3 is 21.1 Å². The third-order valence-corrected chi connectivity index (χ3v) is 3.74. The number of benzene rings is 1. The first-order chi connectivity index (χ1) is 10.0. The molecule has 2 rings (SSSR count). The fraction of sp³-hybridized carbons (Fsp3) is 0.467. The van der Waals surface area contributed by atoms with Gasteiger partial charge in [-0.15, -0.1) is 12.4 Å². The second-order valence-corrected chi connectivity index (χ2v) is 5.40. The molecule has 1 saturated heterocycles. The van der Waals surface area contributed by atoms with E-state index in [0.717, 1.165) is 6.42 Å². The summed E-state index contributed by atoms with van der Waals surface area (Å²) in [7, 11) is 0. The van der Waals surface area contributed by atoms with Crippen LogP contribution in [0.3, 0.4) is 0 Å². The molecule has 1 aliphatic heterocycles. The summed E-state index contributed by atoms with van der Waals surface area (Å²) in [6.45, 7) is 3.00. The zero-order chi connectivity index (χ0) is 15.4. The van der Waals surface area contributed by atoms with E-state index in [0.29, 0.717) is 30.3 Å². The largest absolute Gasteiger partial charge is 0.483 e. The van der Waals surface area contributed by atoms with Crippen molar-refractivity contribution >= 4 is 24.2 Å². The summed E-state index contributed by atoms with van der Waals surface area (Å²) in [6.07, 6.45) is 0.909. The third-order valence-electron chi connectivity index (χ3n) is 3.74. The summed E-state index contributed by atoms with van der Waals surface area (Å²) >= 11 is 0. The number of nitrogens with two attached hydrogens (primary N) is 2. The number of hydrogen-bond donors (Lipinski definition) is 2. The molecule has 1 heterocycles. The van der Waals surface area contributed by atoms with E-state index in [2.05, 4.69) is 0 Å². The average molecular weight is 328 g/mol. The monoisotopic (exact) mass is 327 g/mol. The molecule has 2 atom stereocenters. The van der Waals surface area contributed by atoms with E-state index >= 15 is 0 Å². The van der Waals surface area contributed by atoms with E-state index in [1.807, 2.05) is 11.8 Å². The van der Waals surface area contributed by atoms with Crippen molar-refractivity contribution in [2.45, 2.75) is 19.4 Å². The highest BCUT2D eigenvalue weighted by Crippen LogP contribution is 2.27.